The van der Waals surface area contributed by atoms with Crippen molar-refractivity contribution >= 4 is 40.1 Å². The smallest absolute Gasteiger partial charge is 0.335 e. The fourth-order valence-electron chi connectivity index (χ4n) is 2.45. The summed E-state index contributed by atoms with van der Waals surface area (Å²) in [5.41, 5.74) is 0.486. The lowest BCUT2D eigenvalue weighted by atomic mass is 9.99. The van der Waals surface area contributed by atoms with E-state index in [0.29, 0.717) is 15.9 Å². The molecular weight excluding hydrogens is 365 g/mol. The molecule has 5 atom stereocenters. The molecule has 1 aliphatic heterocycles. The summed E-state index contributed by atoms with van der Waals surface area (Å²) in [6.07, 6.45) is -8.43. The number of hydrogen-bond acceptors (Lipinski definition) is 6. The van der Waals surface area contributed by atoms with E-state index in [9.17, 15) is 20.1 Å². The van der Waals surface area contributed by atoms with Gasteiger partial charge in [-0.1, -0.05) is 29.3 Å². The highest BCUT2D eigenvalue weighted by molar-refractivity contribution is 6.45. The Morgan fingerprint density at radius 3 is 2.54 bits per heavy atom. The molecule has 3 rings (SSSR count). The highest BCUT2D eigenvalue weighted by atomic mass is 35.5. The molecule has 10 heteroatoms. The zero-order chi connectivity index (χ0) is 17.6. The van der Waals surface area contributed by atoms with Crippen LogP contribution in [0.4, 0.5) is 0 Å². The van der Waals surface area contributed by atoms with Crippen molar-refractivity contribution in [2.24, 2.45) is 0 Å². The molecule has 0 amide bonds. The van der Waals surface area contributed by atoms with Crippen LogP contribution in [0.3, 0.4) is 0 Å². The van der Waals surface area contributed by atoms with Gasteiger partial charge in [0, 0.05) is 11.5 Å². The molecule has 0 radical (unpaired) electrons. The van der Waals surface area contributed by atoms with Crippen LogP contribution in [0.25, 0.3) is 10.9 Å². The maximum atomic E-state index is 11.1. The molecule has 1 aromatic heterocycles. The lowest BCUT2D eigenvalue weighted by Crippen LogP contribution is -2.61. The van der Waals surface area contributed by atoms with Gasteiger partial charge in [-0.25, -0.2) is 4.79 Å². The monoisotopic (exact) mass is 377 g/mol. The minimum absolute atomic E-state index is 0.117. The number of fused-ring (bicyclic) bond motifs is 1. The molecule has 130 valence electrons. The highest BCUT2D eigenvalue weighted by Crippen LogP contribution is 2.33. The number of aromatic amines is 1. The number of halogens is 2. The van der Waals surface area contributed by atoms with E-state index in [2.05, 4.69) is 4.98 Å². The number of aliphatic hydroxyl groups excluding tert-OH is 3. The summed E-state index contributed by atoms with van der Waals surface area (Å²) < 4.78 is 10.4. The zero-order valence-electron chi connectivity index (χ0n) is 11.9. The van der Waals surface area contributed by atoms with Crippen molar-refractivity contribution in [1.29, 1.82) is 0 Å². The summed E-state index contributed by atoms with van der Waals surface area (Å²) in [6.45, 7) is 0. The molecular formula is C14H13Cl2NO7. The van der Waals surface area contributed by atoms with Crippen molar-refractivity contribution in [3.8, 4) is 5.88 Å². The fourth-order valence-corrected chi connectivity index (χ4v) is 2.83. The second-order valence-electron chi connectivity index (χ2n) is 5.31. The molecule has 0 saturated carbocycles. The number of carbonyl (C=O) groups is 1. The maximum Gasteiger partial charge on any atom is 0.335 e. The topological polar surface area (TPSA) is 132 Å². The van der Waals surface area contributed by atoms with E-state index in [0.717, 1.165) is 0 Å². The second kappa shape index (κ2) is 6.40. The average Bonchev–Trinajstić information content (AvgIpc) is 2.94. The quantitative estimate of drug-likeness (QED) is 0.532. The summed E-state index contributed by atoms with van der Waals surface area (Å²) in [5.74, 6) is -1.38. The van der Waals surface area contributed by atoms with Crippen LogP contribution < -0.4 is 4.74 Å². The molecule has 0 unspecified atom stereocenters. The Kier molecular flexibility index (Phi) is 4.60. The van der Waals surface area contributed by atoms with E-state index in [1.807, 2.05) is 0 Å². The van der Waals surface area contributed by atoms with Gasteiger partial charge in [-0.2, -0.15) is 0 Å². The van der Waals surface area contributed by atoms with Gasteiger partial charge in [0.2, 0.25) is 6.29 Å². The molecule has 2 aromatic rings. The average molecular weight is 378 g/mol. The van der Waals surface area contributed by atoms with Crippen LogP contribution in [0.1, 0.15) is 0 Å². The van der Waals surface area contributed by atoms with Gasteiger partial charge in [0.1, 0.15) is 18.3 Å². The number of nitrogens with one attached hydrogen (secondary N) is 1. The molecule has 0 bridgehead atoms. The first kappa shape index (κ1) is 17.3. The lowest BCUT2D eigenvalue weighted by Gasteiger charge is -2.38. The van der Waals surface area contributed by atoms with Crippen molar-refractivity contribution in [1.82, 2.24) is 4.98 Å². The maximum absolute atomic E-state index is 11.1. The Labute approximate surface area is 145 Å². The van der Waals surface area contributed by atoms with E-state index in [1.165, 1.54) is 0 Å². The Morgan fingerprint density at radius 2 is 1.88 bits per heavy atom. The minimum Gasteiger partial charge on any atom is -0.479 e. The van der Waals surface area contributed by atoms with E-state index in [1.54, 1.807) is 18.2 Å². The molecule has 1 fully saturated rings. The molecule has 1 aromatic carbocycles. The van der Waals surface area contributed by atoms with Crippen LogP contribution >= 0.6 is 23.2 Å². The van der Waals surface area contributed by atoms with E-state index in [-0.39, 0.29) is 10.9 Å². The number of carboxylic acids is 1. The summed E-state index contributed by atoms with van der Waals surface area (Å²) in [5, 5.41) is 39.6. The molecule has 8 nitrogen and oxygen atoms in total. The van der Waals surface area contributed by atoms with Gasteiger partial charge in [0.15, 0.2) is 12.0 Å². The number of aliphatic hydroxyl groups is 3. The molecule has 1 aliphatic rings. The van der Waals surface area contributed by atoms with Crippen LogP contribution in [0.5, 0.6) is 5.88 Å². The Bertz CT molecular complexity index is 780. The standard InChI is InChI=1S/C14H13Cl2NO7/c15-5-2-1-4-3-6(17-8(4)7(5)16)23-14-11(20)9(18)10(19)12(24-14)13(21)22/h1-3,9-12,14,17-20H,(H,21,22)/t9-,10-,11+,12-,14+/m0/s1. The largest absolute Gasteiger partial charge is 0.479 e. The van der Waals surface area contributed by atoms with Crippen LogP contribution in [0.15, 0.2) is 18.2 Å². The number of rotatable bonds is 3. The number of aliphatic carboxylic acids is 1. The molecule has 0 aliphatic carbocycles. The molecule has 0 spiro atoms. The van der Waals surface area contributed by atoms with Crippen LogP contribution in [-0.2, 0) is 9.53 Å². The summed E-state index contributed by atoms with van der Waals surface area (Å²) in [6, 6.07) is 4.82. The predicted octanol–water partition coefficient (Wildman–Crippen LogP) is 0.746. The van der Waals surface area contributed by atoms with Crippen LogP contribution in [0, 0.1) is 0 Å². The minimum atomic E-state index is -1.78. The van der Waals surface area contributed by atoms with Crippen LogP contribution in [0.2, 0.25) is 10.0 Å². The van der Waals surface area contributed by atoms with Gasteiger partial charge in [-0.15, -0.1) is 0 Å². The Balaban J connectivity index is 1.87. The summed E-state index contributed by atoms with van der Waals surface area (Å²) in [7, 11) is 0. The van der Waals surface area contributed by atoms with Crippen molar-refractivity contribution < 1.29 is 34.7 Å². The summed E-state index contributed by atoms with van der Waals surface area (Å²) in [4.78, 5) is 13.9. The Hall–Kier alpha value is -1.55. The number of H-pyrrole nitrogens is 1. The van der Waals surface area contributed by atoms with E-state index < -0.39 is 36.7 Å². The molecule has 24 heavy (non-hydrogen) atoms. The first-order chi connectivity index (χ1) is 11.3. The third kappa shape index (κ3) is 2.92. The summed E-state index contributed by atoms with van der Waals surface area (Å²) >= 11 is 12.0. The van der Waals surface area contributed by atoms with Gasteiger partial charge in [0.25, 0.3) is 0 Å². The molecule has 1 saturated heterocycles. The van der Waals surface area contributed by atoms with Crippen molar-refractivity contribution in [2.75, 3.05) is 0 Å². The second-order valence-corrected chi connectivity index (χ2v) is 6.10. The van der Waals surface area contributed by atoms with Gasteiger partial charge >= 0.3 is 5.97 Å². The van der Waals surface area contributed by atoms with Gasteiger partial charge in [-0.05, 0) is 6.07 Å². The molecule has 2 heterocycles. The number of benzene rings is 1. The van der Waals surface area contributed by atoms with Gasteiger partial charge in [-0.3, -0.25) is 0 Å². The van der Waals surface area contributed by atoms with Gasteiger partial charge in [0.05, 0.1) is 15.6 Å². The number of carboxylic acid groups (broad SMARTS) is 1. The van der Waals surface area contributed by atoms with Gasteiger partial charge < -0.3 is 34.9 Å². The normalized spacial score (nSPS) is 30.5. The SMILES string of the molecule is O=C(O)[C@H]1O[C@@H](Oc2cc3ccc(Cl)c(Cl)c3[nH]2)[C@H](O)[C@@H](O)[C@@H]1O. The van der Waals surface area contributed by atoms with Crippen molar-refractivity contribution in [3.63, 3.8) is 0 Å². The highest BCUT2D eigenvalue weighted by Gasteiger charge is 2.48. The third-order valence-corrected chi connectivity index (χ3v) is 4.52. The zero-order valence-corrected chi connectivity index (χ0v) is 13.4. The van der Waals surface area contributed by atoms with E-state index in [4.69, 9.17) is 37.8 Å². The third-order valence-electron chi connectivity index (χ3n) is 3.72. The lowest BCUT2D eigenvalue weighted by molar-refractivity contribution is -0.271. The van der Waals surface area contributed by atoms with E-state index >= 15 is 0 Å². The predicted molar refractivity (Wildman–Crippen MR) is 83.3 cm³/mol. The van der Waals surface area contributed by atoms with Crippen molar-refractivity contribution in [2.45, 2.75) is 30.7 Å². The number of ether oxygens (including phenoxy) is 2. The molecule has 5 N–H and O–H groups in total. The fraction of sp³-hybridized carbons (Fsp3) is 0.357. The number of hydrogen-bond donors (Lipinski definition) is 5. The van der Waals surface area contributed by atoms with Crippen LogP contribution in [-0.4, -0.2) is 62.1 Å². The number of aromatic nitrogens is 1. The first-order valence-electron chi connectivity index (χ1n) is 6.85. The first-order valence-corrected chi connectivity index (χ1v) is 7.61. The Morgan fingerprint density at radius 1 is 1.17 bits per heavy atom. The van der Waals surface area contributed by atoms with Crippen molar-refractivity contribution in [3.05, 3.63) is 28.2 Å².